The van der Waals surface area contributed by atoms with E-state index in [1.54, 1.807) is 107 Å². The van der Waals surface area contributed by atoms with Crippen molar-refractivity contribution < 1.29 is 62.1 Å². The fraction of sp³-hybridized carbons (Fsp3) is 0.268. The molecule has 26 nitrogen and oxygen atoms in total. The lowest BCUT2D eigenvalue weighted by Gasteiger charge is -2.18. The maximum atomic E-state index is 13.9. The molecule has 5 atom stereocenters. The number of nitrogens with zero attached hydrogens (tertiary/aromatic N) is 10. The number of pyridine rings is 4. The molecular formula is C82H76Cl5N13O13. The summed E-state index contributed by atoms with van der Waals surface area (Å²) in [5.41, 5.74) is 10.4. The maximum Gasteiger partial charge on any atom is 0.511 e. The van der Waals surface area contributed by atoms with Crippen LogP contribution in [0.2, 0.25) is 25.1 Å². The number of benzene rings is 3. The van der Waals surface area contributed by atoms with Gasteiger partial charge in [0.05, 0.1) is 79.0 Å². The Morgan fingerprint density at radius 1 is 0.504 bits per heavy atom. The summed E-state index contributed by atoms with van der Waals surface area (Å²) in [6, 6.07) is 29.5. The molecule has 3 aromatic carbocycles. The maximum absolute atomic E-state index is 13.9. The van der Waals surface area contributed by atoms with Crippen molar-refractivity contribution in [1.82, 2.24) is 65.2 Å². The van der Waals surface area contributed by atoms with Gasteiger partial charge in [0.2, 0.25) is 6.29 Å². The lowest BCUT2D eigenvalue weighted by molar-refractivity contribution is -0.125. The summed E-state index contributed by atoms with van der Waals surface area (Å²) in [5.74, 6) is -3.57. The van der Waals surface area contributed by atoms with E-state index in [0.29, 0.717) is 91.2 Å². The molecule has 5 unspecified atom stereocenters. The number of amides is 3. The minimum Gasteiger partial charge on any atom is -0.458 e. The van der Waals surface area contributed by atoms with Crippen molar-refractivity contribution in [3.8, 4) is 17.1 Å². The second-order valence-corrected chi connectivity index (χ2v) is 28.9. The van der Waals surface area contributed by atoms with Gasteiger partial charge in [0.25, 0.3) is 17.7 Å². The molecule has 0 radical (unpaired) electrons. The summed E-state index contributed by atoms with van der Waals surface area (Å²) in [4.78, 5) is 131. The molecule has 7 heterocycles. The Labute approximate surface area is 674 Å². The first-order valence-corrected chi connectivity index (χ1v) is 37.8. The minimum absolute atomic E-state index is 0.0595. The summed E-state index contributed by atoms with van der Waals surface area (Å²) in [7, 11) is 1.20. The summed E-state index contributed by atoms with van der Waals surface area (Å²) in [5, 5.41) is 23.5. The van der Waals surface area contributed by atoms with Gasteiger partial charge in [-0.1, -0.05) is 83.1 Å². The van der Waals surface area contributed by atoms with Crippen LogP contribution in [-0.4, -0.2) is 135 Å². The predicted molar refractivity (Wildman–Crippen MR) is 422 cm³/mol. The zero-order chi connectivity index (χ0) is 80.7. The molecule has 0 aliphatic heterocycles. The topological polar surface area (TPSA) is 332 Å². The van der Waals surface area contributed by atoms with Crippen LogP contribution in [0.5, 0.6) is 0 Å². The molecule has 31 heteroatoms. The number of ether oxygens (including phenoxy) is 4. The van der Waals surface area contributed by atoms with Gasteiger partial charge in [-0.15, -0.1) is 0 Å². The third kappa shape index (κ3) is 20.4. The number of rotatable bonds is 24. The summed E-state index contributed by atoms with van der Waals surface area (Å²) >= 11 is 29.8. The molecule has 13 rings (SSSR count). The molecule has 113 heavy (non-hydrogen) atoms. The van der Waals surface area contributed by atoms with E-state index in [0.717, 1.165) is 56.0 Å². The number of hydrogen-bond donors (Lipinski definition) is 3. The number of esters is 1. The van der Waals surface area contributed by atoms with E-state index < -0.39 is 42.1 Å². The normalized spacial score (nSPS) is 16.1. The molecule has 0 saturated heterocycles. The molecule has 1 saturated carbocycles. The number of halogens is 5. The van der Waals surface area contributed by atoms with E-state index in [-0.39, 0.29) is 90.4 Å². The molecule has 3 amide bonds. The van der Waals surface area contributed by atoms with Crippen LogP contribution in [-0.2, 0) is 44.5 Å². The highest BCUT2D eigenvalue weighted by molar-refractivity contribution is 6.32. The summed E-state index contributed by atoms with van der Waals surface area (Å²) in [6.07, 6.45) is 16.2. The van der Waals surface area contributed by atoms with Crippen molar-refractivity contribution in [3.63, 3.8) is 0 Å². The van der Waals surface area contributed by atoms with Crippen molar-refractivity contribution in [3.05, 3.63) is 269 Å². The molecule has 10 aromatic rings. The van der Waals surface area contributed by atoms with Crippen molar-refractivity contribution in [2.45, 2.75) is 98.7 Å². The van der Waals surface area contributed by atoms with Crippen molar-refractivity contribution in [2.24, 2.45) is 17.8 Å². The van der Waals surface area contributed by atoms with Crippen LogP contribution in [0.4, 0.5) is 4.79 Å². The Balaban J connectivity index is 0.000000169. The zero-order valence-corrected chi connectivity index (χ0v) is 66.0. The van der Waals surface area contributed by atoms with Crippen LogP contribution in [0.3, 0.4) is 0 Å². The lowest BCUT2D eigenvalue weighted by atomic mass is 9.88. The van der Waals surface area contributed by atoms with Crippen molar-refractivity contribution in [2.75, 3.05) is 26.7 Å². The Kier molecular flexibility index (Phi) is 27.5. The number of methoxy groups -OCH3 is 1. The molecule has 0 bridgehead atoms. The number of nitrogens with one attached hydrogen (secondary N) is 3. The number of ketones is 4. The van der Waals surface area contributed by atoms with Crippen LogP contribution in [0, 0.1) is 45.4 Å². The van der Waals surface area contributed by atoms with E-state index in [2.05, 4.69) is 55.9 Å². The average Bonchev–Trinajstić information content (AvgIpc) is 1.67. The van der Waals surface area contributed by atoms with Gasteiger partial charge in [0.15, 0.2) is 17.3 Å². The Morgan fingerprint density at radius 2 is 0.947 bits per heavy atom. The van der Waals surface area contributed by atoms with E-state index in [4.69, 9.17) is 72.2 Å². The Hall–Kier alpha value is -11.6. The van der Waals surface area contributed by atoms with Gasteiger partial charge in [-0.25, -0.2) is 33.6 Å². The van der Waals surface area contributed by atoms with Gasteiger partial charge in [0, 0.05) is 107 Å². The number of hydrogen-bond acceptors (Lipinski definition) is 20. The Bertz CT molecular complexity index is 5280. The smallest absolute Gasteiger partial charge is 0.458 e. The first-order valence-electron chi connectivity index (χ1n) is 35.9. The molecule has 3 aliphatic carbocycles. The van der Waals surface area contributed by atoms with Crippen LogP contribution in [0.15, 0.2) is 177 Å². The van der Waals surface area contributed by atoms with Crippen molar-refractivity contribution in [1.29, 1.82) is 0 Å². The number of carbonyl (C=O) groups excluding carboxylic acids is 9. The SMILES string of the molecule is CCc1cc(-n2cc(Cl)cn2)ccc1C1C(=O)CC(CCNC(=O)c2ccccn2)C1=O.COC(=O)OC(C)OC1=C(c2c(C)cc(-n3cc(Cl)cn3)cc2C)C(=O)C(CCNC(=O)c2ccccn2)C1.Cc1cc(-n2cc(Cl)cn2)cc(C)c1C1=C(OC(=O)c2ccc(Cl)cn2)CC(CCNC(=O)c2ccc(Cl)cn2)C1=O. The van der Waals surface area contributed by atoms with Gasteiger partial charge < -0.3 is 34.9 Å². The van der Waals surface area contributed by atoms with Crippen LogP contribution < -0.4 is 16.0 Å². The number of Topliss-reactive ketones (excluding diaryl/α,β-unsaturated/α-hetero) is 4. The largest absolute Gasteiger partial charge is 0.511 e. The van der Waals surface area contributed by atoms with E-state index in [1.807, 2.05) is 77.1 Å². The minimum atomic E-state index is -0.982. The Morgan fingerprint density at radius 3 is 1.37 bits per heavy atom. The van der Waals surface area contributed by atoms with Gasteiger partial charge in [-0.05, 0) is 183 Å². The highest BCUT2D eigenvalue weighted by Crippen LogP contribution is 2.43. The fourth-order valence-corrected chi connectivity index (χ4v) is 14.3. The first kappa shape index (κ1) is 82.4. The second kappa shape index (κ2) is 37.6. The molecule has 3 aliphatic rings. The van der Waals surface area contributed by atoms with Gasteiger partial charge in [-0.3, -0.25) is 43.5 Å². The number of carbonyl (C=O) groups is 9. The molecule has 3 N–H and O–H groups in total. The standard InChI is InChI=1S/C30H24Cl3N5O4.C28H29ClN4O6.C24H23ClN4O3/c1-16-9-22(38-15-21(33)14-37-38)10-17(2)26(16)27-25(42-30(41)24-6-4-20(32)13-36-24)11-18(28(27)39)7-8-34-29(40)23-5-3-19(31)12-35-23;1-16-11-21(33-15-20(29)14-32-33)12-17(2)24(16)25-23(38-18(3)39-28(36)37-4)13-19(26(25)34)8-10-31-27(35)22-7-5-6-9-30-22;1-2-15-11-18(29-14-17(25)13-28-29)6-7-19(15)22-21(30)12-16(23(22)31)8-10-27-24(32)20-5-3-4-9-26-20/h3-6,9-10,12-15,18H,7-8,11H2,1-2H3,(H,34,40);5-7,9,11-12,14-15,18-19H,8,10,13H2,1-4H3,(H,31,35);3-7,9,11,13-14,16,22H,2,8,10,12H2,1H3,(H,27,32). The van der Waals surface area contributed by atoms with Crippen LogP contribution >= 0.6 is 58.0 Å². The molecule has 7 aromatic heterocycles. The highest BCUT2D eigenvalue weighted by atomic mass is 35.5. The molecule has 0 spiro atoms. The van der Waals surface area contributed by atoms with Crippen LogP contribution in [0.1, 0.15) is 145 Å². The molecule has 582 valence electrons. The summed E-state index contributed by atoms with van der Waals surface area (Å²) in [6.45, 7) is 11.9. The van der Waals surface area contributed by atoms with Crippen molar-refractivity contribution >= 4 is 122 Å². The lowest BCUT2D eigenvalue weighted by Crippen LogP contribution is -2.27. The number of aromatic nitrogens is 10. The fourth-order valence-electron chi connectivity index (χ4n) is 13.6. The van der Waals surface area contributed by atoms with Gasteiger partial charge in [0.1, 0.15) is 46.0 Å². The quantitative estimate of drug-likeness (QED) is 0.0287. The highest BCUT2D eigenvalue weighted by Gasteiger charge is 2.43. The van der Waals surface area contributed by atoms with E-state index in [1.165, 1.54) is 43.9 Å². The predicted octanol–water partition coefficient (Wildman–Crippen LogP) is 14.6. The third-order valence-electron chi connectivity index (χ3n) is 18.9. The number of allylic oxidation sites excluding steroid dienone is 4. The second-order valence-electron chi connectivity index (χ2n) is 26.7. The molecular weight excluding hydrogens is 1550 g/mol. The van der Waals surface area contributed by atoms with E-state index in [9.17, 15) is 43.2 Å². The molecule has 1 fully saturated rings. The zero-order valence-electron chi connectivity index (χ0n) is 62.2. The third-order valence-corrected chi connectivity index (χ3v) is 19.9. The monoisotopic (exact) mass is 1630 g/mol. The average molecular weight is 1630 g/mol. The summed E-state index contributed by atoms with van der Waals surface area (Å²) < 4.78 is 26.4. The number of aryl methyl sites for hydroxylation is 5. The van der Waals surface area contributed by atoms with Crippen LogP contribution in [0.25, 0.3) is 28.2 Å². The van der Waals surface area contributed by atoms with E-state index >= 15 is 0 Å². The van der Waals surface area contributed by atoms with Gasteiger partial charge in [-0.2, -0.15) is 15.3 Å². The first-order chi connectivity index (χ1) is 54.2. The van der Waals surface area contributed by atoms with Gasteiger partial charge >= 0.3 is 12.1 Å².